The molecule has 0 amide bonds. The first-order chi connectivity index (χ1) is 8.13. The van der Waals surface area contributed by atoms with Crippen LogP contribution in [0.15, 0.2) is 18.2 Å². The highest BCUT2D eigenvalue weighted by molar-refractivity contribution is 6.32. The molecule has 1 unspecified atom stereocenters. The lowest BCUT2D eigenvalue weighted by Gasteiger charge is -2.09. The van der Waals surface area contributed by atoms with Crippen LogP contribution in [0.1, 0.15) is 25.8 Å². The first-order valence-corrected chi connectivity index (χ1v) is 6.07. The summed E-state index contributed by atoms with van der Waals surface area (Å²) in [6.07, 6.45) is 1.54. The van der Waals surface area contributed by atoms with Gasteiger partial charge in [-0.05, 0) is 38.0 Å². The molecule has 0 saturated carbocycles. The van der Waals surface area contributed by atoms with Gasteiger partial charge in [-0.2, -0.15) is 0 Å². The highest BCUT2D eigenvalue weighted by atomic mass is 35.5. The lowest BCUT2D eigenvalue weighted by molar-refractivity contribution is 0.327. The van der Waals surface area contributed by atoms with Gasteiger partial charge in [0.2, 0.25) is 0 Å². The fraction of sp³-hybridized carbons (Fsp3) is 0.429. The van der Waals surface area contributed by atoms with Crippen molar-refractivity contribution >= 4 is 11.6 Å². The van der Waals surface area contributed by atoms with Crippen molar-refractivity contribution in [2.45, 2.75) is 32.7 Å². The molecule has 0 aliphatic heterocycles. The number of benzene rings is 1. The second-order valence-corrected chi connectivity index (χ2v) is 4.38. The van der Waals surface area contributed by atoms with E-state index in [0.29, 0.717) is 23.8 Å². The van der Waals surface area contributed by atoms with E-state index in [1.165, 1.54) is 0 Å². The summed E-state index contributed by atoms with van der Waals surface area (Å²) in [5.41, 5.74) is 6.87. The van der Waals surface area contributed by atoms with Crippen LogP contribution in [-0.4, -0.2) is 12.6 Å². The summed E-state index contributed by atoms with van der Waals surface area (Å²) in [7, 11) is 0. The molecular weight excluding hydrogens is 234 g/mol. The number of hydrogen-bond acceptors (Lipinski definition) is 2. The Balaban J connectivity index is 2.58. The Kier molecular flexibility index (Phi) is 5.90. The second kappa shape index (κ2) is 7.21. The SMILES string of the molecule is CC#CCCOc1ccc(CC(C)N)cc1Cl. The van der Waals surface area contributed by atoms with Crippen molar-refractivity contribution in [3.8, 4) is 17.6 Å². The van der Waals surface area contributed by atoms with E-state index in [-0.39, 0.29) is 6.04 Å². The summed E-state index contributed by atoms with van der Waals surface area (Å²) < 4.78 is 5.53. The van der Waals surface area contributed by atoms with E-state index < -0.39 is 0 Å². The normalized spacial score (nSPS) is 11.5. The van der Waals surface area contributed by atoms with Crippen LogP contribution in [0.2, 0.25) is 5.02 Å². The van der Waals surface area contributed by atoms with Gasteiger partial charge in [0.05, 0.1) is 11.6 Å². The third-order valence-corrected chi connectivity index (χ3v) is 2.51. The summed E-state index contributed by atoms with van der Waals surface area (Å²) >= 11 is 6.12. The molecule has 2 N–H and O–H groups in total. The number of hydrogen-bond donors (Lipinski definition) is 1. The van der Waals surface area contributed by atoms with Crippen LogP contribution in [0.25, 0.3) is 0 Å². The van der Waals surface area contributed by atoms with Crippen molar-refractivity contribution in [2.24, 2.45) is 5.73 Å². The first kappa shape index (κ1) is 13.9. The van der Waals surface area contributed by atoms with E-state index in [1.54, 1.807) is 0 Å². The van der Waals surface area contributed by atoms with Crippen molar-refractivity contribution in [1.82, 2.24) is 0 Å². The highest BCUT2D eigenvalue weighted by Gasteiger charge is 2.04. The lowest BCUT2D eigenvalue weighted by Crippen LogP contribution is -2.17. The van der Waals surface area contributed by atoms with Gasteiger partial charge in [-0.25, -0.2) is 0 Å². The molecule has 1 rings (SSSR count). The number of rotatable bonds is 5. The van der Waals surface area contributed by atoms with Crippen LogP contribution >= 0.6 is 11.6 Å². The van der Waals surface area contributed by atoms with E-state index >= 15 is 0 Å². The molecule has 0 heterocycles. The quantitative estimate of drug-likeness (QED) is 0.645. The molecule has 0 fully saturated rings. The van der Waals surface area contributed by atoms with Crippen molar-refractivity contribution < 1.29 is 4.74 Å². The van der Waals surface area contributed by atoms with Crippen molar-refractivity contribution in [3.63, 3.8) is 0 Å². The fourth-order valence-corrected chi connectivity index (χ4v) is 1.75. The Morgan fingerprint density at radius 1 is 1.47 bits per heavy atom. The van der Waals surface area contributed by atoms with E-state index in [2.05, 4.69) is 11.8 Å². The van der Waals surface area contributed by atoms with Gasteiger partial charge in [0.1, 0.15) is 5.75 Å². The van der Waals surface area contributed by atoms with Gasteiger partial charge in [0, 0.05) is 12.5 Å². The molecule has 1 aromatic carbocycles. The Hall–Kier alpha value is -1.17. The maximum absolute atomic E-state index is 6.12. The molecule has 0 aliphatic rings. The molecule has 17 heavy (non-hydrogen) atoms. The van der Waals surface area contributed by atoms with Crippen molar-refractivity contribution in [3.05, 3.63) is 28.8 Å². The molecule has 0 aliphatic carbocycles. The molecule has 2 nitrogen and oxygen atoms in total. The monoisotopic (exact) mass is 251 g/mol. The summed E-state index contributed by atoms with van der Waals surface area (Å²) in [5.74, 6) is 6.47. The smallest absolute Gasteiger partial charge is 0.137 e. The summed E-state index contributed by atoms with van der Waals surface area (Å²) in [4.78, 5) is 0. The van der Waals surface area contributed by atoms with Gasteiger partial charge in [0.25, 0.3) is 0 Å². The van der Waals surface area contributed by atoms with Crippen molar-refractivity contribution in [1.29, 1.82) is 0 Å². The largest absolute Gasteiger partial charge is 0.491 e. The van der Waals surface area contributed by atoms with Gasteiger partial charge in [-0.3, -0.25) is 0 Å². The second-order valence-electron chi connectivity index (χ2n) is 3.97. The molecule has 0 aromatic heterocycles. The first-order valence-electron chi connectivity index (χ1n) is 5.70. The Morgan fingerprint density at radius 2 is 2.24 bits per heavy atom. The van der Waals surface area contributed by atoms with Crippen LogP contribution in [0, 0.1) is 11.8 Å². The molecule has 1 aromatic rings. The van der Waals surface area contributed by atoms with Crippen LogP contribution in [0.5, 0.6) is 5.75 Å². The minimum Gasteiger partial charge on any atom is -0.491 e. The zero-order chi connectivity index (χ0) is 12.7. The van der Waals surface area contributed by atoms with Gasteiger partial charge in [-0.1, -0.05) is 17.7 Å². The standard InChI is InChI=1S/C14H18ClNO/c1-3-4-5-8-17-14-7-6-12(9-11(2)16)10-13(14)15/h6-7,10-11H,5,8-9,16H2,1-2H3. The number of nitrogens with two attached hydrogens (primary N) is 1. The lowest BCUT2D eigenvalue weighted by atomic mass is 10.1. The van der Waals surface area contributed by atoms with Crippen LogP contribution in [0.4, 0.5) is 0 Å². The molecular formula is C14H18ClNO. The number of ether oxygens (including phenoxy) is 1. The highest BCUT2D eigenvalue weighted by Crippen LogP contribution is 2.25. The molecule has 1 atom stereocenters. The summed E-state index contributed by atoms with van der Waals surface area (Å²) in [5, 5.41) is 0.632. The van der Waals surface area contributed by atoms with E-state index in [0.717, 1.165) is 12.0 Å². The minimum atomic E-state index is 0.137. The third kappa shape index (κ3) is 5.12. The van der Waals surface area contributed by atoms with Crippen LogP contribution in [0.3, 0.4) is 0 Å². The van der Waals surface area contributed by atoms with Gasteiger partial charge < -0.3 is 10.5 Å². The Morgan fingerprint density at radius 3 is 2.82 bits per heavy atom. The van der Waals surface area contributed by atoms with Gasteiger partial charge in [-0.15, -0.1) is 11.8 Å². The Labute approximate surface area is 108 Å². The van der Waals surface area contributed by atoms with Gasteiger partial charge >= 0.3 is 0 Å². The van der Waals surface area contributed by atoms with E-state index in [9.17, 15) is 0 Å². The average molecular weight is 252 g/mol. The van der Waals surface area contributed by atoms with Crippen LogP contribution in [-0.2, 0) is 6.42 Å². The fourth-order valence-electron chi connectivity index (χ4n) is 1.50. The zero-order valence-corrected chi connectivity index (χ0v) is 11.1. The molecule has 0 bridgehead atoms. The third-order valence-electron chi connectivity index (χ3n) is 2.22. The Bertz CT molecular complexity index is 418. The van der Waals surface area contributed by atoms with E-state index in [4.69, 9.17) is 22.1 Å². The number of halogens is 1. The summed E-state index contributed by atoms with van der Waals surface area (Å²) in [6, 6.07) is 5.93. The van der Waals surface area contributed by atoms with Gasteiger partial charge in [0.15, 0.2) is 0 Å². The molecule has 0 saturated heterocycles. The average Bonchev–Trinajstić information content (AvgIpc) is 2.26. The van der Waals surface area contributed by atoms with Crippen molar-refractivity contribution in [2.75, 3.05) is 6.61 Å². The molecule has 0 radical (unpaired) electrons. The maximum Gasteiger partial charge on any atom is 0.137 e. The summed E-state index contributed by atoms with van der Waals surface area (Å²) in [6.45, 7) is 4.35. The molecule has 0 spiro atoms. The van der Waals surface area contributed by atoms with E-state index in [1.807, 2.05) is 32.0 Å². The van der Waals surface area contributed by atoms with Crippen LogP contribution < -0.4 is 10.5 Å². The topological polar surface area (TPSA) is 35.2 Å². The zero-order valence-electron chi connectivity index (χ0n) is 10.3. The maximum atomic E-state index is 6.12. The predicted molar refractivity (Wildman–Crippen MR) is 72.4 cm³/mol. The predicted octanol–water partition coefficient (Wildman–Crippen LogP) is 3.02. The minimum absolute atomic E-state index is 0.137. The molecule has 92 valence electrons. The molecule has 3 heteroatoms.